The summed E-state index contributed by atoms with van der Waals surface area (Å²) in [4.78, 5) is 16.7. The van der Waals surface area contributed by atoms with E-state index in [2.05, 4.69) is 18.2 Å². The summed E-state index contributed by atoms with van der Waals surface area (Å²) in [5.41, 5.74) is 5.40. The van der Waals surface area contributed by atoms with Crippen LogP contribution in [-0.2, 0) is 7.05 Å². The zero-order chi connectivity index (χ0) is 21.7. The number of rotatable bonds is 3. The maximum atomic E-state index is 13.8. The molecule has 6 heteroatoms. The SMILES string of the molecule is Cc1c(-c2cn(C)c3c(-c4ccccc4)cccc23)nc2ccc(F)cc2c1C(=O)[O-].[Na+]. The van der Waals surface area contributed by atoms with Crippen molar-refractivity contribution in [3.63, 3.8) is 0 Å². The van der Waals surface area contributed by atoms with Crippen molar-refractivity contribution in [1.29, 1.82) is 0 Å². The number of pyridine rings is 1. The average molecular weight is 432 g/mol. The number of hydrogen-bond donors (Lipinski definition) is 0. The first-order valence-electron chi connectivity index (χ1n) is 9.90. The van der Waals surface area contributed by atoms with Gasteiger partial charge in [-0.15, -0.1) is 0 Å². The first-order valence-corrected chi connectivity index (χ1v) is 9.90. The molecule has 0 aliphatic rings. The summed E-state index contributed by atoms with van der Waals surface area (Å²) in [5.74, 6) is -1.86. The van der Waals surface area contributed by atoms with E-state index in [1.165, 1.54) is 18.2 Å². The second-order valence-corrected chi connectivity index (χ2v) is 7.63. The van der Waals surface area contributed by atoms with Crippen molar-refractivity contribution in [3.05, 3.63) is 89.9 Å². The van der Waals surface area contributed by atoms with Crippen LogP contribution in [0, 0.1) is 12.7 Å². The summed E-state index contributed by atoms with van der Waals surface area (Å²) in [5, 5.41) is 13.2. The molecule has 0 spiro atoms. The number of carboxylic acids is 1. The van der Waals surface area contributed by atoms with Crippen LogP contribution in [0.2, 0.25) is 0 Å². The zero-order valence-electron chi connectivity index (χ0n) is 18.0. The maximum absolute atomic E-state index is 13.8. The molecule has 0 aliphatic carbocycles. The molecule has 0 atom stereocenters. The van der Waals surface area contributed by atoms with E-state index < -0.39 is 11.8 Å². The Bertz CT molecular complexity index is 1490. The molecule has 5 aromatic rings. The number of nitrogens with zero attached hydrogens (tertiary/aromatic N) is 2. The summed E-state index contributed by atoms with van der Waals surface area (Å²) < 4.78 is 15.8. The molecule has 0 saturated carbocycles. The number of carbonyl (C=O) groups excluding carboxylic acids is 1. The van der Waals surface area contributed by atoms with Gasteiger partial charge in [0.15, 0.2) is 0 Å². The second-order valence-electron chi connectivity index (χ2n) is 7.63. The summed E-state index contributed by atoms with van der Waals surface area (Å²) in [7, 11) is 1.96. The molecule has 4 nitrogen and oxygen atoms in total. The number of carbonyl (C=O) groups is 1. The van der Waals surface area contributed by atoms with Crippen LogP contribution in [0.25, 0.3) is 44.2 Å². The minimum atomic E-state index is -1.35. The van der Waals surface area contributed by atoms with Crippen molar-refractivity contribution in [1.82, 2.24) is 9.55 Å². The van der Waals surface area contributed by atoms with Crippen molar-refractivity contribution in [2.75, 3.05) is 0 Å². The van der Waals surface area contributed by atoms with Crippen molar-refractivity contribution in [2.45, 2.75) is 6.92 Å². The monoisotopic (exact) mass is 432 g/mol. The van der Waals surface area contributed by atoms with Crippen LogP contribution in [0.3, 0.4) is 0 Å². The summed E-state index contributed by atoms with van der Waals surface area (Å²) in [6.07, 6.45) is 1.96. The van der Waals surface area contributed by atoms with Gasteiger partial charge in [-0.3, -0.25) is 0 Å². The minimum absolute atomic E-state index is 0. The van der Waals surface area contributed by atoms with Gasteiger partial charge in [0.1, 0.15) is 5.82 Å². The van der Waals surface area contributed by atoms with Crippen molar-refractivity contribution in [3.8, 4) is 22.4 Å². The van der Waals surface area contributed by atoms with E-state index >= 15 is 0 Å². The third-order valence-electron chi connectivity index (χ3n) is 5.74. The Morgan fingerprint density at radius 3 is 2.44 bits per heavy atom. The first-order chi connectivity index (χ1) is 15.0. The number of benzene rings is 3. The second kappa shape index (κ2) is 8.51. The molecule has 32 heavy (non-hydrogen) atoms. The number of para-hydroxylation sites is 1. The molecule has 0 fully saturated rings. The summed E-state index contributed by atoms with van der Waals surface area (Å²) in [6, 6.07) is 20.1. The molecule has 5 rings (SSSR count). The fraction of sp³-hybridized carbons (Fsp3) is 0.0769. The number of halogens is 1. The largest absolute Gasteiger partial charge is 1.00 e. The van der Waals surface area contributed by atoms with Gasteiger partial charge in [-0.1, -0.05) is 48.5 Å². The van der Waals surface area contributed by atoms with Crippen LogP contribution in [0.4, 0.5) is 4.39 Å². The van der Waals surface area contributed by atoms with Gasteiger partial charge in [0.05, 0.1) is 22.7 Å². The third-order valence-corrected chi connectivity index (χ3v) is 5.74. The van der Waals surface area contributed by atoms with Crippen LogP contribution < -0.4 is 34.7 Å². The molecule has 2 heterocycles. The van der Waals surface area contributed by atoms with Crippen LogP contribution in [0.5, 0.6) is 0 Å². The van der Waals surface area contributed by atoms with Crippen LogP contribution >= 0.6 is 0 Å². The molecule has 3 aromatic carbocycles. The van der Waals surface area contributed by atoms with E-state index in [4.69, 9.17) is 4.98 Å². The molecule has 0 N–H and O–H groups in total. The smallest absolute Gasteiger partial charge is 0.545 e. The Labute approximate surface area is 206 Å². The predicted molar refractivity (Wildman–Crippen MR) is 118 cm³/mol. The Morgan fingerprint density at radius 1 is 0.969 bits per heavy atom. The van der Waals surface area contributed by atoms with Gasteiger partial charge >= 0.3 is 29.6 Å². The average Bonchev–Trinajstić information content (AvgIpc) is 3.10. The normalized spacial score (nSPS) is 11.0. The fourth-order valence-electron chi connectivity index (χ4n) is 4.36. The topological polar surface area (TPSA) is 58.0 Å². The standard InChI is InChI=1S/C26H19FN2O2.Na/c1-15-23(26(30)31)20-13-17(27)11-12-22(20)28-24(15)21-14-29(2)25-18(9-6-10-19(21)25)16-7-4-3-5-8-16;/h3-14H,1-2H3,(H,30,31);/q;+1/p-1. The molecule has 2 aromatic heterocycles. The van der Waals surface area contributed by atoms with Gasteiger partial charge in [0, 0.05) is 40.7 Å². The summed E-state index contributed by atoms with van der Waals surface area (Å²) >= 11 is 0. The third kappa shape index (κ3) is 3.52. The predicted octanol–water partition coefficient (Wildman–Crippen LogP) is 1.88. The minimum Gasteiger partial charge on any atom is -0.545 e. The van der Waals surface area contributed by atoms with E-state index in [0.29, 0.717) is 16.8 Å². The molecule has 0 radical (unpaired) electrons. The molecule has 0 aliphatic heterocycles. The molecule has 0 amide bonds. The zero-order valence-corrected chi connectivity index (χ0v) is 20.0. The van der Waals surface area contributed by atoms with E-state index in [0.717, 1.165) is 27.6 Å². The molecule has 0 unspecified atom stereocenters. The van der Waals surface area contributed by atoms with E-state index in [1.807, 2.05) is 48.1 Å². The van der Waals surface area contributed by atoms with Crippen molar-refractivity contribution < 1.29 is 43.8 Å². The van der Waals surface area contributed by atoms with Crippen molar-refractivity contribution >= 4 is 27.8 Å². The Morgan fingerprint density at radius 2 is 1.72 bits per heavy atom. The van der Waals surface area contributed by atoms with Gasteiger partial charge in [-0.05, 0) is 36.2 Å². The Kier molecular flexibility index (Phi) is 5.91. The fourth-order valence-corrected chi connectivity index (χ4v) is 4.36. The van der Waals surface area contributed by atoms with Crippen LogP contribution in [0.15, 0.2) is 72.9 Å². The van der Waals surface area contributed by atoms with Gasteiger partial charge in [-0.25, -0.2) is 9.37 Å². The van der Waals surface area contributed by atoms with E-state index in [9.17, 15) is 14.3 Å². The molecule has 0 saturated heterocycles. The van der Waals surface area contributed by atoms with Gasteiger partial charge in [-0.2, -0.15) is 0 Å². The molecular formula is C26H18FN2NaO2. The first kappa shape index (κ1) is 22.2. The van der Waals surface area contributed by atoms with Crippen LogP contribution in [-0.4, -0.2) is 15.5 Å². The Hall–Kier alpha value is -2.99. The number of aryl methyl sites for hydroxylation is 1. The number of fused-ring (bicyclic) bond motifs is 2. The molecule has 152 valence electrons. The van der Waals surface area contributed by atoms with Gasteiger partial charge in [0.2, 0.25) is 0 Å². The van der Waals surface area contributed by atoms with E-state index in [1.54, 1.807) is 6.92 Å². The van der Waals surface area contributed by atoms with Crippen molar-refractivity contribution in [2.24, 2.45) is 7.05 Å². The Balaban J connectivity index is 0.00000245. The number of carboxylic acid groups (broad SMARTS) is 1. The number of aromatic carboxylic acids is 1. The van der Waals surface area contributed by atoms with Gasteiger partial charge < -0.3 is 14.5 Å². The van der Waals surface area contributed by atoms with Crippen LogP contribution in [0.1, 0.15) is 15.9 Å². The van der Waals surface area contributed by atoms with Gasteiger partial charge in [0.25, 0.3) is 0 Å². The number of aromatic nitrogens is 2. The molecule has 0 bridgehead atoms. The molecular weight excluding hydrogens is 414 g/mol. The maximum Gasteiger partial charge on any atom is 1.00 e. The summed E-state index contributed by atoms with van der Waals surface area (Å²) in [6.45, 7) is 1.69. The van der Waals surface area contributed by atoms with E-state index in [-0.39, 0.29) is 40.5 Å². The quantitative estimate of drug-likeness (QED) is 0.409. The number of hydrogen-bond acceptors (Lipinski definition) is 3.